The van der Waals surface area contributed by atoms with Crippen molar-refractivity contribution in [3.8, 4) is 5.69 Å². The fraction of sp³-hybridized carbons (Fsp3) is 0.182. The molecule has 90 valence electrons. The molecule has 17 heavy (non-hydrogen) atoms. The van der Waals surface area contributed by atoms with Crippen molar-refractivity contribution in [1.29, 1.82) is 0 Å². The van der Waals surface area contributed by atoms with Crippen LogP contribution in [0.15, 0.2) is 35.2 Å². The van der Waals surface area contributed by atoms with Gasteiger partial charge in [-0.3, -0.25) is 0 Å². The van der Waals surface area contributed by atoms with E-state index in [1.165, 1.54) is 18.5 Å². The second-order valence-electron chi connectivity index (χ2n) is 3.57. The third-order valence-corrected chi connectivity index (χ3v) is 3.08. The summed E-state index contributed by atoms with van der Waals surface area (Å²) in [4.78, 5) is 3.97. The molecule has 4 nitrogen and oxygen atoms in total. The van der Waals surface area contributed by atoms with Crippen LogP contribution in [0.1, 0.15) is 11.7 Å². The summed E-state index contributed by atoms with van der Waals surface area (Å²) in [6, 6.07) is 3.79. The summed E-state index contributed by atoms with van der Waals surface area (Å²) in [7, 11) is 0. The van der Waals surface area contributed by atoms with Crippen LogP contribution in [0.2, 0.25) is 0 Å². The van der Waals surface area contributed by atoms with Crippen molar-refractivity contribution in [2.75, 3.05) is 6.61 Å². The average Bonchev–Trinajstić information content (AvgIpc) is 2.80. The molecule has 0 amide bonds. The summed E-state index contributed by atoms with van der Waals surface area (Å²) in [6.45, 7) is -0.196. The molecule has 1 atom stereocenters. The summed E-state index contributed by atoms with van der Waals surface area (Å²) < 4.78 is 15.6. The smallest absolute Gasteiger partial charge is 0.125 e. The van der Waals surface area contributed by atoms with Crippen molar-refractivity contribution in [2.45, 2.75) is 6.04 Å². The second kappa shape index (κ2) is 4.95. The van der Waals surface area contributed by atoms with Gasteiger partial charge in [0.15, 0.2) is 0 Å². The normalized spacial score (nSPS) is 12.7. The fourth-order valence-electron chi connectivity index (χ4n) is 1.54. The van der Waals surface area contributed by atoms with Gasteiger partial charge in [-0.25, -0.2) is 9.37 Å². The Bertz CT molecular complexity index is 529. The largest absolute Gasteiger partial charge is 0.394 e. The lowest BCUT2D eigenvalue weighted by atomic mass is 10.2. The van der Waals surface area contributed by atoms with E-state index < -0.39 is 6.04 Å². The van der Waals surface area contributed by atoms with Crippen LogP contribution < -0.4 is 5.73 Å². The first-order chi connectivity index (χ1) is 8.13. The number of nitrogens with zero attached hydrogens (tertiary/aromatic N) is 2. The number of hydrogen-bond donors (Lipinski definition) is 2. The van der Waals surface area contributed by atoms with Crippen molar-refractivity contribution in [2.24, 2.45) is 5.73 Å². The van der Waals surface area contributed by atoms with Crippen LogP contribution in [0.4, 0.5) is 4.39 Å². The van der Waals surface area contributed by atoms with Gasteiger partial charge in [0.2, 0.25) is 0 Å². The molecule has 1 heterocycles. The number of hydrogen-bond acceptors (Lipinski definition) is 3. The molecule has 0 bridgehead atoms. The van der Waals surface area contributed by atoms with E-state index in [2.05, 4.69) is 20.9 Å². The van der Waals surface area contributed by atoms with Crippen LogP contribution in [0.5, 0.6) is 0 Å². The maximum absolute atomic E-state index is 13.2. The molecule has 1 aromatic carbocycles. The minimum absolute atomic E-state index is 0.196. The number of rotatable bonds is 3. The van der Waals surface area contributed by atoms with Crippen molar-refractivity contribution < 1.29 is 9.50 Å². The summed E-state index contributed by atoms with van der Waals surface area (Å²) >= 11 is 3.34. The molecular weight excluding hydrogens is 289 g/mol. The van der Waals surface area contributed by atoms with E-state index in [4.69, 9.17) is 10.8 Å². The number of aromatic nitrogens is 2. The first-order valence-corrected chi connectivity index (χ1v) is 5.77. The molecule has 6 heteroatoms. The summed E-state index contributed by atoms with van der Waals surface area (Å²) in [5.74, 6) is -0.347. The Morgan fingerprint density at radius 3 is 3.00 bits per heavy atom. The van der Waals surface area contributed by atoms with Gasteiger partial charge >= 0.3 is 0 Å². The van der Waals surface area contributed by atoms with Crippen molar-refractivity contribution in [3.63, 3.8) is 0 Å². The average molecular weight is 300 g/mol. The molecule has 0 spiro atoms. The van der Waals surface area contributed by atoms with Gasteiger partial charge in [0, 0.05) is 4.47 Å². The molecule has 0 aliphatic rings. The second-order valence-corrected chi connectivity index (χ2v) is 4.43. The quantitative estimate of drug-likeness (QED) is 0.908. The first kappa shape index (κ1) is 12.2. The van der Waals surface area contributed by atoms with Gasteiger partial charge in [-0.1, -0.05) is 0 Å². The van der Waals surface area contributed by atoms with Gasteiger partial charge in [-0.2, -0.15) is 0 Å². The molecule has 1 aromatic heterocycles. The number of imidazole rings is 1. The van der Waals surface area contributed by atoms with Crippen LogP contribution in [-0.2, 0) is 0 Å². The van der Waals surface area contributed by atoms with Gasteiger partial charge in [0.25, 0.3) is 0 Å². The highest BCUT2D eigenvalue weighted by atomic mass is 79.9. The Hall–Kier alpha value is -1.24. The maximum atomic E-state index is 13.2. The highest BCUT2D eigenvalue weighted by Gasteiger charge is 2.13. The van der Waals surface area contributed by atoms with Gasteiger partial charge in [-0.15, -0.1) is 0 Å². The molecular formula is C11H11BrFN3O. The summed E-state index contributed by atoms with van der Waals surface area (Å²) in [5.41, 5.74) is 6.97. The topological polar surface area (TPSA) is 64.1 Å². The molecule has 0 saturated carbocycles. The Balaban J connectivity index is 2.53. The Labute approximate surface area is 106 Å². The minimum atomic E-state index is -0.548. The fourth-order valence-corrected chi connectivity index (χ4v) is 1.98. The Morgan fingerprint density at radius 1 is 1.53 bits per heavy atom. The highest BCUT2D eigenvalue weighted by molar-refractivity contribution is 9.10. The van der Waals surface area contributed by atoms with Gasteiger partial charge < -0.3 is 15.4 Å². The molecule has 0 radical (unpaired) electrons. The van der Waals surface area contributed by atoms with E-state index in [-0.39, 0.29) is 12.4 Å². The molecule has 1 unspecified atom stereocenters. The SMILES string of the molecule is NC(CO)c1cncn1-c1cc(F)ccc1Br. The summed E-state index contributed by atoms with van der Waals surface area (Å²) in [5, 5.41) is 9.05. The Kier molecular flexibility index (Phi) is 3.56. The zero-order chi connectivity index (χ0) is 12.4. The van der Waals surface area contributed by atoms with Gasteiger partial charge in [-0.05, 0) is 34.1 Å². The lowest BCUT2D eigenvalue weighted by Gasteiger charge is -2.13. The van der Waals surface area contributed by atoms with E-state index in [0.717, 1.165) is 4.47 Å². The monoisotopic (exact) mass is 299 g/mol. The first-order valence-electron chi connectivity index (χ1n) is 4.97. The molecule has 0 saturated heterocycles. The maximum Gasteiger partial charge on any atom is 0.125 e. The van der Waals surface area contributed by atoms with Gasteiger partial charge in [0.1, 0.15) is 5.82 Å². The number of benzene rings is 1. The van der Waals surface area contributed by atoms with Crippen molar-refractivity contribution in [3.05, 3.63) is 46.7 Å². The lowest BCUT2D eigenvalue weighted by molar-refractivity contribution is 0.265. The number of aliphatic hydroxyl groups is 1. The number of halogens is 2. The predicted molar refractivity (Wildman–Crippen MR) is 65.2 cm³/mol. The van der Waals surface area contributed by atoms with Crippen LogP contribution in [0.25, 0.3) is 5.69 Å². The van der Waals surface area contributed by atoms with E-state index in [9.17, 15) is 4.39 Å². The number of aliphatic hydroxyl groups excluding tert-OH is 1. The van der Waals surface area contributed by atoms with Crippen molar-refractivity contribution >= 4 is 15.9 Å². The number of nitrogens with two attached hydrogens (primary N) is 1. The minimum Gasteiger partial charge on any atom is -0.394 e. The molecule has 0 aliphatic heterocycles. The molecule has 3 N–H and O–H groups in total. The van der Waals surface area contributed by atoms with Crippen LogP contribution in [0, 0.1) is 5.82 Å². The standard InChI is InChI=1S/C11H11BrFN3O/c12-8-2-1-7(13)3-10(8)16-6-15-4-11(16)9(14)5-17/h1-4,6,9,17H,5,14H2. The van der Waals surface area contributed by atoms with Gasteiger partial charge in [0.05, 0.1) is 36.6 Å². The van der Waals surface area contributed by atoms with E-state index >= 15 is 0 Å². The lowest BCUT2D eigenvalue weighted by Crippen LogP contribution is -2.18. The highest BCUT2D eigenvalue weighted by Crippen LogP contribution is 2.24. The van der Waals surface area contributed by atoms with Crippen LogP contribution in [-0.4, -0.2) is 21.3 Å². The van der Waals surface area contributed by atoms with E-state index in [1.54, 1.807) is 16.8 Å². The van der Waals surface area contributed by atoms with E-state index in [1.807, 2.05) is 0 Å². The predicted octanol–water partition coefficient (Wildman–Crippen LogP) is 1.77. The van der Waals surface area contributed by atoms with E-state index in [0.29, 0.717) is 11.4 Å². The van der Waals surface area contributed by atoms with Crippen LogP contribution in [0.3, 0.4) is 0 Å². The third kappa shape index (κ3) is 2.38. The third-order valence-electron chi connectivity index (χ3n) is 2.41. The van der Waals surface area contributed by atoms with Crippen LogP contribution >= 0.6 is 15.9 Å². The summed E-state index contributed by atoms with van der Waals surface area (Å²) in [6.07, 6.45) is 3.09. The zero-order valence-corrected chi connectivity index (χ0v) is 10.4. The zero-order valence-electron chi connectivity index (χ0n) is 8.85. The van der Waals surface area contributed by atoms with Crippen molar-refractivity contribution in [1.82, 2.24) is 9.55 Å². The molecule has 0 fully saturated rings. The molecule has 2 rings (SSSR count). The molecule has 0 aliphatic carbocycles. The molecule has 2 aromatic rings. The Morgan fingerprint density at radius 2 is 2.29 bits per heavy atom.